The highest BCUT2D eigenvalue weighted by Crippen LogP contribution is 2.31. The van der Waals surface area contributed by atoms with E-state index in [1.807, 2.05) is 25.1 Å². The van der Waals surface area contributed by atoms with Crippen LogP contribution in [0, 0.1) is 5.92 Å². The highest BCUT2D eigenvalue weighted by molar-refractivity contribution is 5.44. The average molecular weight is 267 g/mol. The zero-order valence-electron chi connectivity index (χ0n) is 12.5. The lowest BCUT2D eigenvalue weighted by Gasteiger charge is -2.27. The van der Waals surface area contributed by atoms with Gasteiger partial charge in [0.1, 0.15) is 0 Å². The Morgan fingerprint density at radius 1 is 1.11 bits per heavy atom. The Labute approximate surface area is 115 Å². The molecule has 0 fully saturated rings. The van der Waals surface area contributed by atoms with Crippen LogP contribution in [0.15, 0.2) is 18.2 Å². The minimum Gasteiger partial charge on any atom is -0.493 e. The van der Waals surface area contributed by atoms with Crippen LogP contribution in [0.2, 0.25) is 0 Å². The molecule has 0 radical (unpaired) electrons. The molecule has 0 aliphatic heterocycles. The first-order valence-corrected chi connectivity index (χ1v) is 6.64. The largest absolute Gasteiger partial charge is 0.493 e. The number of hydrogen-bond acceptors (Lipinski definition) is 4. The number of rotatable bonds is 7. The van der Waals surface area contributed by atoms with Crippen molar-refractivity contribution in [3.63, 3.8) is 0 Å². The fourth-order valence-corrected chi connectivity index (χ4v) is 2.15. The van der Waals surface area contributed by atoms with Crippen LogP contribution in [-0.4, -0.2) is 26.9 Å². The van der Waals surface area contributed by atoms with Crippen LogP contribution < -0.4 is 15.2 Å². The minimum absolute atomic E-state index is 0.0110. The van der Waals surface area contributed by atoms with E-state index in [1.54, 1.807) is 14.2 Å². The molecule has 4 heteroatoms. The maximum atomic E-state index is 6.32. The van der Waals surface area contributed by atoms with Crippen molar-refractivity contribution in [1.82, 2.24) is 0 Å². The fourth-order valence-electron chi connectivity index (χ4n) is 2.15. The summed E-state index contributed by atoms with van der Waals surface area (Å²) < 4.78 is 16.3. The zero-order valence-corrected chi connectivity index (χ0v) is 12.5. The van der Waals surface area contributed by atoms with E-state index in [9.17, 15) is 0 Å². The third-order valence-electron chi connectivity index (χ3n) is 3.16. The van der Waals surface area contributed by atoms with Gasteiger partial charge in [-0.1, -0.05) is 19.9 Å². The highest BCUT2D eigenvalue weighted by Gasteiger charge is 2.24. The van der Waals surface area contributed by atoms with Crippen molar-refractivity contribution in [3.8, 4) is 11.5 Å². The van der Waals surface area contributed by atoms with Crippen molar-refractivity contribution in [3.05, 3.63) is 23.8 Å². The lowest BCUT2D eigenvalue weighted by atomic mass is 9.94. The van der Waals surface area contributed by atoms with E-state index in [2.05, 4.69) is 13.8 Å². The van der Waals surface area contributed by atoms with Gasteiger partial charge in [0.25, 0.3) is 0 Å². The lowest BCUT2D eigenvalue weighted by molar-refractivity contribution is 0.0121. The van der Waals surface area contributed by atoms with Crippen LogP contribution in [0.25, 0.3) is 0 Å². The van der Waals surface area contributed by atoms with E-state index in [0.717, 1.165) is 5.56 Å². The molecule has 0 saturated carbocycles. The second-order valence-electron chi connectivity index (χ2n) is 4.80. The van der Waals surface area contributed by atoms with Crippen molar-refractivity contribution in [2.24, 2.45) is 11.7 Å². The lowest BCUT2D eigenvalue weighted by Crippen LogP contribution is -2.33. The molecule has 0 aromatic heterocycles. The summed E-state index contributed by atoms with van der Waals surface area (Å²) >= 11 is 0. The topological polar surface area (TPSA) is 53.7 Å². The summed E-state index contributed by atoms with van der Waals surface area (Å²) in [5.74, 6) is 1.74. The van der Waals surface area contributed by atoms with Crippen LogP contribution in [0.4, 0.5) is 0 Å². The Hall–Kier alpha value is -1.26. The Bertz CT molecular complexity index is 393. The molecular weight excluding hydrogens is 242 g/mol. The maximum absolute atomic E-state index is 6.32. The number of benzene rings is 1. The standard InChI is InChI=1S/C15H25NO3/c1-6-19-15(10(2)3)14(16)11-7-8-12(17-4)13(9-11)18-5/h7-10,14-15H,6,16H2,1-5H3. The molecular formula is C15H25NO3. The molecule has 0 spiro atoms. The molecule has 0 saturated heterocycles. The van der Waals surface area contributed by atoms with Crippen molar-refractivity contribution in [2.45, 2.75) is 32.9 Å². The van der Waals surface area contributed by atoms with Gasteiger partial charge in [-0.2, -0.15) is 0 Å². The van der Waals surface area contributed by atoms with Crippen LogP contribution in [0.3, 0.4) is 0 Å². The summed E-state index contributed by atoms with van der Waals surface area (Å²) in [7, 11) is 3.24. The smallest absolute Gasteiger partial charge is 0.161 e. The Balaban J connectivity index is 3.00. The summed E-state index contributed by atoms with van der Waals surface area (Å²) in [5.41, 5.74) is 7.31. The van der Waals surface area contributed by atoms with Gasteiger partial charge in [-0.3, -0.25) is 0 Å². The van der Waals surface area contributed by atoms with Gasteiger partial charge < -0.3 is 19.9 Å². The van der Waals surface area contributed by atoms with Crippen LogP contribution in [0.1, 0.15) is 32.4 Å². The molecule has 0 heterocycles. The molecule has 0 aliphatic rings. The maximum Gasteiger partial charge on any atom is 0.161 e. The first kappa shape index (κ1) is 15.8. The minimum atomic E-state index is -0.181. The molecule has 2 atom stereocenters. The van der Waals surface area contributed by atoms with E-state index < -0.39 is 0 Å². The summed E-state index contributed by atoms with van der Waals surface area (Å²) in [6.45, 7) is 6.86. The van der Waals surface area contributed by atoms with Gasteiger partial charge in [0.15, 0.2) is 11.5 Å². The number of hydrogen-bond donors (Lipinski definition) is 1. The van der Waals surface area contributed by atoms with E-state index in [-0.39, 0.29) is 12.1 Å². The van der Waals surface area contributed by atoms with Gasteiger partial charge in [0.05, 0.1) is 26.4 Å². The SMILES string of the molecule is CCOC(C(C)C)C(N)c1ccc(OC)c(OC)c1. The number of nitrogens with two attached hydrogens (primary N) is 1. The molecule has 1 aromatic carbocycles. The fraction of sp³-hybridized carbons (Fsp3) is 0.600. The van der Waals surface area contributed by atoms with E-state index in [0.29, 0.717) is 24.0 Å². The Morgan fingerprint density at radius 2 is 1.74 bits per heavy atom. The quantitative estimate of drug-likeness (QED) is 0.825. The van der Waals surface area contributed by atoms with Crippen LogP contribution in [0.5, 0.6) is 11.5 Å². The van der Waals surface area contributed by atoms with E-state index in [4.69, 9.17) is 19.9 Å². The first-order valence-electron chi connectivity index (χ1n) is 6.64. The molecule has 2 N–H and O–H groups in total. The summed E-state index contributed by atoms with van der Waals surface area (Å²) in [6, 6.07) is 5.56. The normalized spacial score (nSPS) is 14.3. The number of ether oxygens (including phenoxy) is 3. The molecule has 0 aliphatic carbocycles. The summed E-state index contributed by atoms with van der Waals surface area (Å²) in [6.07, 6.45) is -0.0110. The van der Waals surface area contributed by atoms with Gasteiger partial charge in [0.2, 0.25) is 0 Å². The van der Waals surface area contributed by atoms with Crippen LogP contribution >= 0.6 is 0 Å². The molecule has 2 unspecified atom stereocenters. The number of methoxy groups -OCH3 is 2. The van der Waals surface area contributed by atoms with E-state index >= 15 is 0 Å². The van der Waals surface area contributed by atoms with Crippen LogP contribution in [-0.2, 0) is 4.74 Å². The third kappa shape index (κ3) is 3.85. The molecule has 108 valence electrons. The zero-order chi connectivity index (χ0) is 14.4. The van der Waals surface area contributed by atoms with Gasteiger partial charge in [-0.25, -0.2) is 0 Å². The van der Waals surface area contributed by atoms with Crippen molar-refractivity contribution in [1.29, 1.82) is 0 Å². The van der Waals surface area contributed by atoms with Crippen molar-refractivity contribution >= 4 is 0 Å². The average Bonchev–Trinajstić information content (AvgIpc) is 2.42. The predicted octanol–water partition coefficient (Wildman–Crippen LogP) is 2.76. The highest BCUT2D eigenvalue weighted by atomic mass is 16.5. The monoisotopic (exact) mass is 267 g/mol. The molecule has 4 nitrogen and oxygen atoms in total. The summed E-state index contributed by atoms with van der Waals surface area (Å²) in [5, 5.41) is 0. The Kier molecular flexibility index (Phi) is 6.12. The van der Waals surface area contributed by atoms with Gasteiger partial charge >= 0.3 is 0 Å². The van der Waals surface area contributed by atoms with Crippen molar-refractivity contribution < 1.29 is 14.2 Å². The van der Waals surface area contributed by atoms with Gasteiger partial charge in [0, 0.05) is 6.61 Å². The molecule has 1 aromatic rings. The Morgan fingerprint density at radius 3 is 2.21 bits per heavy atom. The second kappa shape index (κ2) is 7.36. The predicted molar refractivity (Wildman–Crippen MR) is 76.7 cm³/mol. The first-order chi connectivity index (χ1) is 9.04. The third-order valence-corrected chi connectivity index (χ3v) is 3.16. The molecule has 0 bridgehead atoms. The molecule has 1 rings (SSSR count). The molecule has 0 amide bonds. The summed E-state index contributed by atoms with van der Waals surface area (Å²) in [4.78, 5) is 0. The van der Waals surface area contributed by atoms with E-state index in [1.165, 1.54) is 0 Å². The second-order valence-corrected chi connectivity index (χ2v) is 4.80. The van der Waals surface area contributed by atoms with Crippen molar-refractivity contribution in [2.75, 3.05) is 20.8 Å². The van der Waals surface area contributed by atoms with Gasteiger partial charge in [-0.15, -0.1) is 0 Å². The van der Waals surface area contributed by atoms with Gasteiger partial charge in [-0.05, 0) is 30.5 Å². The molecule has 19 heavy (non-hydrogen) atoms.